The van der Waals surface area contributed by atoms with E-state index in [2.05, 4.69) is 5.32 Å². The van der Waals surface area contributed by atoms with Crippen molar-refractivity contribution >= 4 is 5.97 Å². The molecule has 16 heavy (non-hydrogen) atoms. The molecular formula is C10H13NO4Zn. The zero-order valence-corrected chi connectivity index (χ0v) is 11.8. The van der Waals surface area contributed by atoms with E-state index >= 15 is 0 Å². The van der Waals surface area contributed by atoms with Gasteiger partial charge in [0, 0.05) is 25.5 Å². The maximum absolute atomic E-state index is 10.2. The van der Waals surface area contributed by atoms with Gasteiger partial charge in [-0.1, -0.05) is 6.07 Å². The van der Waals surface area contributed by atoms with Gasteiger partial charge in [0.25, 0.3) is 0 Å². The van der Waals surface area contributed by atoms with Crippen LogP contribution in [0, 0.1) is 0 Å². The van der Waals surface area contributed by atoms with Crippen molar-refractivity contribution in [1.82, 2.24) is 5.32 Å². The van der Waals surface area contributed by atoms with Crippen LogP contribution in [0.3, 0.4) is 0 Å². The number of rotatable bonds is 5. The van der Waals surface area contributed by atoms with Crippen LogP contribution in [0.4, 0.5) is 0 Å². The summed E-state index contributed by atoms with van der Waals surface area (Å²) < 4.78 is 0. The fraction of sp³-hybridized carbons (Fsp3) is 0.300. The van der Waals surface area contributed by atoms with E-state index in [4.69, 9.17) is 10.2 Å². The second-order valence-electron chi connectivity index (χ2n) is 3.13. The molecule has 5 nitrogen and oxygen atoms in total. The first-order chi connectivity index (χ1) is 7.09. The molecule has 0 heterocycles. The van der Waals surface area contributed by atoms with Gasteiger partial charge in [0.2, 0.25) is 0 Å². The second-order valence-corrected chi connectivity index (χ2v) is 3.13. The van der Waals surface area contributed by atoms with Gasteiger partial charge in [-0.25, -0.2) is 0 Å². The summed E-state index contributed by atoms with van der Waals surface area (Å²) in [5, 5.41) is 29.5. The zero-order chi connectivity index (χ0) is 11.3. The number of carboxylic acids is 1. The fourth-order valence-electron chi connectivity index (χ4n) is 1.18. The van der Waals surface area contributed by atoms with Gasteiger partial charge in [-0.2, -0.15) is 0 Å². The van der Waals surface area contributed by atoms with E-state index in [-0.39, 0.29) is 37.5 Å². The van der Waals surface area contributed by atoms with Crippen LogP contribution in [0.5, 0.6) is 11.5 Å². The number of hydrogen-bond donors (Lipinski definition) is 4. The topological polar surface area (TPSA) is 89.8 Å². The van der Waals surface area contributed by atoms with Crippen molar-refractivity contribution in [3.63, 3.8) is 0 Å². The SMILES string of the molecule is O=C(O)CNCCc1ccc(O)cc1O.[Zn]. The smallest absolute Gasteiger partial charge is 0.317 e. The minimum absolute atomic E-state index is 0. The van der Waals surface area contributed by atoms with Crippen LogP contribution in [0.2, 0.25) is 0 Å². The summed E-state index contributed by atoms with van der Waals surface area (Å²) in [5.74, 6) is -0.883. The van der Waals surface area contributed by atoms with Gasteiger partial charge < -0.3 is 20.6 Å². The van der Waals surface area contributed by atoms with E-state index in [9.17, 15) is 9.90 Å². The predicted octanol–water partition coefficient (Wildman–Crippen LogP) is 0.312. The van der Waals surface area contributed by atoms with E-state index in [1.165, 1.54) is 12.1 Å². The number of hydrogen-bond acceptors (Lipinski definition) is 4. The first kappa shape index (κ1) is 14.9. The van der Waals surface area contributed by atoms with Gasteiger partial charge in [-0.3, -0.25) is 4.79 Å². The average molecular weight is 277 g/mol. The number of benzene rings is 1. The molecule has 0 bridgehead atoms. The van der Waals surface area contributed by atoms with E-state index in [1.54, 1.807) is 6.07 Å². The van der Waals surface area contributed by atoms with Crippen molar-refractivity contribution in [2.75, 3.05) is 13.1 Å². The Morgan fingerprint density at radius 3 is 2.56 bits per heavy atom. The maximum Gasteiger partial charge on any atom is 0.317 e. The number of carbonyl (C=O) groups is 1. The third kappa shape index (κ3) is 5.09. The molecule has 0 aromatic heterocycles. The number of phenolic OH excluding ortho intramolecular Hbond substituents is 2. The fourth-order valence-corrected chi connectivity index (χ4v) is 1.18. The Labute approximate surface area is 106 Å². The molecule has 1 rings (SSSR count). The Kier molecular flexibility index (Phi) is 6.69. The van der Waals surface area contributed by atoms with Crippen molar-refractivity contribution < 1.29 is 39.6 Å². The van der Waals surface area contributed by atoms with E-state index in [0.717, 1.165) is 0 Å². The van der Waals surface area contributed by atoms with Crippen molar-refractivity contribution in [3.8, 4) is 11.5 Å². The van der Waals surface area contributed by atoms with Gasteiger partial charge in [-0.05, 0) is 24.6 Å². The molecule has 84 valence electrons. The van der Waals surface area contributed by atoms with E-state index in [1.807, 2.05) is 0 Å². The Bertz CT molecular complexity index is 357. The molecule has 0 saturated carbocycles. The first-order valence-corrected chi connectivity index (χ1v) is 4.53. The average Bonchev–Trinajstić information content (AvgIpc) is 2.14. The molecule has 0 atom stereocenters. The molecule has 1 aromatic rings. The summed E-state index contributed by atoms with van der Waals surface area (Å²) in [7, 11) is 0. The molecule has 0 saturated heterocycles. The molecule has 0 unspecified atom stereocenters. The minimum Gasteiger partial charge on any atom is -0.508 e. The summed E-state index contributed by atoms with van der Waals surface area (Å²) >= 11 is 0. The Hall–Kier alpha value is -1.13. The number of aliphatic carboxylic acids is 1. The summed E-state index contributed by atoms with van der Waals surface area (Å²) in [5.41, 5.74) is 0.672. The van der Waals surface area contributed by atoms with Crippen LogP contribution in [0.1, 0.15) is 5.56 Å². The molecule has 6 heteroatoms. The van der Waals surface area contributed by atoms with Crippen LogP contribution < -0.4 is 5.32 Å². The molecule has 0 spiro atoms. The van der Waals surface area contributed by atoms with Crippen LogP contribution in [0.15, 0.2) is 18.2 Å². The van der Waals surface area contributed by atoms with Crippen molar-refractivity contribution in [3.05, 3.63) is 23.8 Å². The van der Waals surface area contributed by atoms with E-state index < -0.39 is 5.97 Å². The van der Waals surface area contributed by atoms with Gasteiger partial charge in [0.15, 0.2) is 0 Å². The van der Waals surface area contributed by atoms with Crippen LogP contribution in [0.25, 0.3) is 0 Å². The summed E-state index contributed by atoms with van der Waals surface area (Å²) in [6, 6.07) is 4.34. The normalized spacial score (nSPS) is 9.50. The molecule has 0 fully saturated rings. The summed E-state index contributed by atoms with van der Waals surface area (Å²) in [4.78, 5) is 10.2. The summed E-state index contributed by atoms with van der Waals surface area (Å²) in [6.45, 7) is 0.365. The Morgan fingerprint density at radius 2 is 2.00 bits per heavy atom. The van der Waals surface area contributed by atoms with E-state index in [0.29, 0.717) is 18.5 Å². The minimum atomic E-state index is -0.912. The Balaban J connectivity index is 0.00000225. The van der Waals surface area contributed by atoms with Gasteiger partial charge in [0.1, 0.15) is 11.5 Å². The molecule has 0 radical (unpaired) electrons. The van der Waals surface area contributed by atoms with Gasteiger partial charge in [0.05, 0.1) is 6.54 Å². The Morgan fingerprint density at radius 1 is 1.31 bits per heavy atom. The van der Waals surface area contributed by atoms with Gasteiger partial charge >= 0.3 is 5.97 Å². The molecule has 0 aliphatic rings. The number of phenols is 2. The van der Waals surface area contributed by atoms with Crippen molar-refractivity contribution in [1.29, 1.82) is 0 Å². The summed E-state index contributed by atoms with van der Waals surface area (Å²) in [6.07, 6.45) is 0.513. The third-order valence-corrected chi connectivity index (χ3v) is 1.92. The first-order valence-electron chi connectivity index (χ1n) is 4.53. The third-order valence-electron chi connectivity index (χ3n) is 1.92. The van der Waals surface area contributed by atoms with Crippen LogP contribution >= 0.6 is 0 Å². The molecule has 0 aliphatic heterocycles. The number of aromatic hydroxyl groups is 2. The maximum atomic E-state index is 10.2. The predicted molar refractivity (Wildman–Crippen MR) is 54.0 cm³/mol. The number of nitrogens with one attached hydrogen (secondary N) is 1. The molecule has 1 aromatic carbocycles. The number of carboxylic acid groups (broad SMARTS) is 1. The van der Waals surface area contributed by atoms with Crippen molar-refractivity contribution in [2.45, 2.75) is 6.42 Å². The molecule has 4 N–H and O–H groups in total. The molecule has 0 amide bonds. The molecular weight excluding hydrogens is 264 g/mol. The zero-order valence-electron chi connectivity index (χ0n) is 8.81. The second kappa shape index (κ2) is 7.20. The quantitative estimate of drug-likeness (QED) is 0.459. The van der Waals surface area contributed by atoms with Crippen LogP contribution in [-0.4, -0.2) is 34.4 Å². The molecule has 0 aliphatic carbocycles. The van der Waals surface area contributed by atoms with Crippen LogP contribution in [-0.2, 0) is 30.7 Å². The van der Waals surface area contributed by atoms with Gasteiger partial charge in [-0.15, -0.1) is 0 Å². The van der Waals surface area contributed by atoms with Crippen molar-refractivity contribution in [2.24, 2.45) is 0 Å². The standard InChI is InChI=1S/C10H13NO4.Zn/c12-8-2-1-7(9(13)5-8)3-4-11-6-10(14)15;/h1-2,5,11-13H,3-4,6H2,(H,14,15);. The monoisotopic (exact) mass is 275 g/mol. The largest absolute Gasteiger partial charge is 0.508 e.